The van der Waals surface area contributed by atoms with Crippen LogP contribution >= 0.6 is 11.6 Å². The Labute approximate surface area is 134 Å². The number of nitrogens with zero attached hydrogens (tertiary/aromatic N) is 1. The van der Waals surface area contributed by atoms with Crippen LogP contribution in [0.25, 0.3) is 11.1 Å². The van der Waals surface area contributed by atoms with Crippen molar-refractivity contribution < 1.29 is 9.36 Å². The van der Waals surface area contributed by atoms with Crippen LogP contribution in [0.2, 0.25) is 5.02 Å². The lowest BCUT2D eigenvalue weighted by Gasteiger charge is -2.02. The monoisotopic (exact) mass is 308 g/mol. The maximum atomic E-state index is 12.2. The van der Waals surface area contributed by atoms with Gasteiger partial charge in [0, 0.05) is 22.7 Å². The summed E-state index contributed by atoms with van der Waals surface area (Å²) in [6.45, 7) is 0.333. The summed E-state index contributed by atoms with van der Waals surface area (Å²) in [6, 6.07) is 21.0. The van der Waals surface area contributed by atoms with Gasteiger partial charge in [-0.3, -0.25) is 4.79 Å². The number of rotatable bonds is 4. The number of hydrogen-bond donors (Lipinski definition) is 0. The van der Waals surface area contributed by atoms with E-state index in [1.54, 1.807) is 0 Å². The number of ketones is 1. The van der Waals surface area contributed by atoms with Crippen LogP contribution in [-0.2, 0) is 6.54 Å². The highest BCUT2D eigenvalue weighted by Gasteiger charge is 2.11. The summed E-state index contributed by atoms with van der Waals surface area (Å²) < 4.78 is 1.88. The van der Waals surface area contributed by atoms with Gasteiger partial charge in [0.1, 0.15) is 0 Å². The van der Waals surface area contributed by atoms with Crippen molar-refractivity contribution in [3.8, 4) is 11.1 Å². The van der Waals surface area contributed by atoms with Crippen LogP contribution in [0.3, 0.4) is 0 Å². The van der Waals surface area contributed by atoms with Crippen LogP contribution in [0.1, 0.15) is 10.4 Å². The Kier molecular flexibility index (Phi) is 4.31. The molecule has 1 heterocycles. The normalized spacial score (nSPS) is 10.4. The van der Waals surface area contributed by atoms with Crippen LogP contribution in [0.4, 0.5) is 0 Å². The van der Waals surface area contributed by atoms with Gasteiger partial charge in [0.05, 0.1) is 0 Å². The SMILES string of the molecule is O=C(C[n+]1ccc(-c2cccc(Cl)c2)cc1)c1ccccc1. The summed E-state index contributed by atoms with van der Waals surface area (Å²) in [6.07, 6.45) is 3.83. The third-order valence-corrected chi connectivity index (χ3v) is 3.71. The second-order valence-corrected chi connectivity index (χ2v) is 5.50. The van der Waals surface area contributed by atoms with E-state index < -0.39 is 0 Å². The second-order valence-electron chi connectivity index (χ2n) is 5.06. The van der Waals surface area contributed by atoms with Crippen LogP contribution in [-0.4, -0.2) is 5.78 Å². The van der Waals surface area contributed by atoms with Gasteiger partial charge in [-0.05, 0) is 23.3 Å². The molecule has 0 spiro atoms. The van der Waals surface area contributed by atoms with E-state index in [2.05, 4.69) is 0 Å². The molecular formula is C19H15ClNO+. The summed E-state index contributed by atoms with van der Waals surface area (Å²) in [5.41, 5.74) is 2.87. The number of pyridine rings is 1. The van der Waals surface area contributed by atoms with Gasteiger partial charge in [-0.25, -0.2) is 0 Å². The van der Waals surface area contributed by atoms with E-state index in [1.807, 2.05) is 83.7 Å². The Morgan fingerprint density at radius 3 is 2.27 bits per heavy atom. The summed E-state index contributed by atoms with van der Waals surface area (Å²) in [5, 5.41) is 0.716. The summed E-state index contributed by atoms with van der Waals surface area (Å²) >= 11 is 6.01. The Morgan fingerprint density at radius 2 is 1.59 bits per heavy atom. The van der Waals surface area contributed by atoms with Gasteiger partial charge in [0.15, 0.2) is 12.4 Å². The van der Waals surface area contributed by atoms with Crippen LogP contribution in [0.15, 0.2) is 79.1 Å². The highest BCUT2D eigenvalue weighted by molar-refractivity contribution is 6.30. The molecule has 0 N–H and O–H groups in total. The van der Waals surface area contributed by atoms with E-state index in [0.29, 0.717) is 11.6 Å². The fourth-order valence-electron chi connectivity index (χ4n) is 2.30. The highest BCUT2D eigenvalue weighted by atomic mass is 35.5. The van der Waals surface area contributed by atoms with E-state index in [9.17, 15) is 4.79 Å². The fourth-order valence-corrected chi connectivity index (χ4v) is 2.49. The highest BCUT2D eigenvalue weighted by Crippen LogP contribution is 2.21. The second kappa shape index (κ2) is 6.54. The summed E-state index contributed by atoms with van der Waals surface area (Å²) in [7, 11) is 0. The van der Waals surface area contributed by atoms with Gasteiger partial charge in [-0.1, -0.05) is 54.1 Å². The van der Waals surface area contributed by atoms with Crippen molar-refractivity contribution in [2.45, 2.75) is 6.54 Å². The van der Waals surface area contributed by atoms with E-state index in [0.717, 1.165) is 16.7 Å². The Balaban J connectivity index is 1.76. The third kappa shape index (κ3) is 3.41. The Bertz CT molecular complexity index is 782. The molecule has 0 saturated heterocycles. The molecule has 22 heavy (non-hydrogen) atoms. The first kappa shape index (κ1) is 14.5. The molecule has 0 bridgehead atoms. The molecule has 0 atom stereocenters. The standard InChI is InChI=1S/C19H15ClNO/c20-18-8-4-7-17(13-18)15-9-11-21(12-10-15)14-19(22)16-5-2-1-3-6-16/h1-13H,14H2/q+1. The molecule has 0 amide bonds. The van der Waals surface area contributed by atoms with Crippen molar-refractivity contribution in [1.29, 1.82) is 0 Å². The van der Waals surface area contributed by atoms with E-state index in [1.165, 1.54) is 0 Å². The molecule has 1 aromatic heterocycles. The van der Waals surface area contributed by atoms with Gasteiger partial charge >= 0.3 is 0 Å². The van der Waals surface area contributed by atoms with Crippen LogP contribution in [0.5, 0.6) is 0 Å². The lowest BCUT2D eigenvalue weighted by molar-refractivity contribution is -0.683. The molecule has 0 radical (unpaired) electrons. The molecule has 0 aliphatic heterocycles. The zero-order valence-electron chi connectivity index (χ0n) is 11.9. The topological polar surface area (TPSA) is 20.9 Å². The lowest BCUT2D eigenvalue weighted by Crippen LogP contribution is -2.37. The quantitative estimate of drug-likeness (QED) is 0.523. The third-order valence-electron chi connectivity index (χ3n) is 3.47. The average Bonchev–Trinajstić information content (AvgIpc) is 2.56. The molecule has 3 heteroatoms. The number of hydrogen-bond acceptors (Lipinski definition) is 1. The molecule has 3 aromatic rings. The van der Waals surface area contributed by atoms with E-state index in [4.69, 9.17) is 11.6 Å². The molecule has 0 saturated carbocycles. The van der Waals surface area contributed by atoms with E-state index in [-0.39, 0.29) is 5.78 Å². The number of halogens is 1. The maximum absolute atomic E-state index is 12.2. The molecule has 2 nitrogen and oxygen atoms in total. The number of Topliss-reactive ketones (excluding diaryl/α,β-unsaturated/α-hetero) is 1. The van der Waals surface area contributed by atoms with Crippen LogP contribution < -0.4 is 4.57 Å². The predicted molar refractivity (Wildman–Crippen MR) is 87.9 cm³/mol. The van der Waals surface area contributed by atoms with Crippen molar-refractivity contribution in [2.75, 3.05) is 0 Å². The predicted octanol–water partition coefficient (Wildman–Crippen LogP) is 4.18. The largest absolute Gasteiger partial charge is 0.287 e. The minimum absolute atomic E-state index is 0.0982. The maximum Gasteiger partial charge on any atom is 0.227 e. The van der Waals surface area contributed by atoms with Crippen molar-refractivity contribution in [2.24, 2.45) is 0 Å². The zero-order valence-corrected chi connectivity index (χ0v) is 12.7. The van der Waals surface area contributed by atoms with Crippen molar-refractivity contribution in [1.82, 2.24) is 0 Å². The first-order valence-corrected chi connectivity index (χ1v) is 7.43. The minimum Gasteiger partial charge on any atom is -0.287 e. The first-order chi connectivity index (χ1) is 10.7. The first-order valence-electron chi connectivity index (χ1n) is 7.06. The summed E-state index contributed by atoms with van der Waals surface area (Å²) in [4.78, 5) is 12.2. The minimum atomic E-state index is 0.0982. The average molecular weight is 309 g/mol. The van der Waals surface area contributed by atoms with Crippen molar-refractivity contribution >= 4 is 17.4 Å². The molecule has 2 aromatic carbocycles. The zero-order chi connectivity index (χ0) is 15.4. The number of carbonyl (C=O) groups excluding carboxylic acids is 1. The van der Waals surface area contributed by atoms with Crippen molar-refractivity contribution in [3.63, 3.8) is 0 Å². The number of aromatic nitrogens is 1. The van der Waals surface area contributed by atoms with Gasteiger partial charge in [-0.15, -0.1) is 0 Å². The van der Waals surface area contributed by atoms with Crippen LogP contribution in [0, 0.1) is 0 Å². The molecule has 0 aliphatic carbocycles. The van der Waals surface area contributed by atoms with Gasteiger partial charge < -0.3 is 0 Å². The number of carbonyl (C=O) groups is 1. The van der Waals surface area contributed by atoms with Gasteiger partial charge in [0.2, 0.25) is 12.3 Å². The lowest BCUT2D eigenvalue weighted by atomic mass is 10.1. The van der Waals surface area contributed by atoms with E-state index >= 15 is 0 Å². The smallest absolute Gasteiger partial charge is 0.227 e. The van der Waals surface area contributed by atoms with Gasteiger partial charge in [-0.2, -0.15) is 4.57 Å². The molecule has 3 rings (SSSR count). The van der Waals surface area contributed by atoms with Crippen molar-refractivity contribution in [3.05, 3.63) is 89.7 Å². The summed E-state index contributed by atoms with van der Waals surface area (Å²) in [5.74, 6) is 0.0982. The molecular weight excluding hydrogens is 294 g/mol. The Hall–Kier alpha value is -2.45. The molecule has 0 unspecified atom stereocenters. The molecule has 0 fully saturated rings. The fraction of sp³-hybridized carbons (Fsp3) is 0.0526. The molecule has 0 aliphatic rings. The molecule has 108 valence electrons. The van der Waals surface area contributed by atoms with Gasteiger partial charge in [0.25, 0.3) is 0 Å². The number of benzene rings is 2. The Morgan fingerprint density at radius 1 is 0.864 bits per heavy atom.